The molecule has 3 rings (SSSR count). The minimum Gasteiger partial charge on any atom is -0.380 e. The second kappa shape index (κ2) is 5.98. The van der Waals surface area contributed by atoms with E-state index in [0.717, 1.165) is 17.1 Å². The maximum absolute atomic E-state index is 8.81. The Morgan fingerprint density at radius 1 is 1.10 bits per heavy atom. The third-order valence-corrected chi connectivity index (χ3v) is 4.57. The highest BCUT2D eigenvalue weighted by Gasteiger charge is 2.11. The minimum absolute atomic E-state index is 0.770. The molecule has 0 aliphatic carbocycles. The van der Waals surface area contributed by atoms with Crippen molar-refractivity contribution in [3.05, 3.63) is 46.2 Å². The molecule has 2 aromatic rings. The van der Waals surface area contributed by atoms with Crippen LogP contribution in [0.15, 0.2) is 36.4 Å². The summed E-state index contributed by atoms with van der Waals surface area (Å²) in [7, 11) is 0. The number of nitriles is 1. The van der Waals surface area contributed by atoms with Gasteiger partial charge in [-0.15, -0.1) is 11.3 Å². The van der Waals surface area contributed by atoms with Crippen molar-refractivity contribution in [1.29, 1.82) is 5.26 Å². The van der Waals surface area contributed by atoms with Crippen LogP contribution in [0, 0.1) is 11.3 Å². The zero-order valence-corrected chi connectivity index (χ0v) is 12.1. The molecule has 0 atom stereocenters. The van der Waals surface area contributed by atoms with Crippen molar-refractivity contribution in [3.63, 3.8) is 0 Å². The predicted octanol–water partition coefficient (Wildman–Crippen LogP) is 3.83. The van der Waals surface area contributed by atoms with Crippen LogP contribution in [0.25, 0.3) is 0 Å². The number of anilines is 2. The lowest BCUT2D eigenvalue weighted by molar-refractivity contribution is 0.949. The number of nitrogens with zero attached hydrogens (tertiary/aromatic N) is 2. The largest absolute Gasteiger partial charge is 0.380 e. The maximum Gasteiger partial charge on any atom is 0.110 e. The van der Waals surface area contributed by atoms with Gasteiger partial charge in [0.1, 0.15) is 10.9 Å². The van der Waals surface area contributed by atoms with E-state index >= 15 is 0 Å². The lowest BCUT2D eigenvalue weighted by Gasteiger charge is -2.17. The topological polar surface area (TPSA) is 39.1 Å². The van der Waals surface area contributed by atoms with Gasteiger partial charge in [-0.25, -0.2) is 0 Å². The fourth-order valence-electron chi connectivity index (χ4n) is 2.49. The van der Waals surface area contributed by atoms with Crippen molar-refractivity contribution in [2.24, 2.45) is 0 Å². The average molecular weight is 283 g/mol. The lowest BCUT2D eigenvalue weighted by Crippen LogP contribution is -2.17. The molecule has 1 aliphatic heterocycles. The van der Waals surface area contributed by atoms with E-state index in [1.807, 2.05) is 12.1 Å². The summed E-state index contributed by atoms with van der Waals surface area (Å²) in [4.78, 5) is 4.39. The molecule has 1 aromatic carbocycles. The van der Waals surface area contributed by atoms with Gasteiger partial charge in [-0.1, -0.05) is 0 Å². The van der Waals surface area contributed by atoms with Crippen LogP contribution in [-0.2, 0) is 6.54 Å². The zero-order valence-electron chi connectivity index (χ0n) is 11.3. The molecule has 0 unspecified atom stereocenters. The SMILES string of the molecule is N#Cc1ccc(CNc2ccc(N3CCCC3)cc2)s1. The van der Waals surface area contributed by atoms with Crippen molar-refractivity contribution in [1.82, 2.24) is 0 Å². The van der Waals surface area contributed by atoms with E-state index in [1.54, 1.807) is 11.3 Å². The average Bonchev–Trinajstić information content (AvgIpc) is 3.17. The van der Waals surface area contributed by atoms with E-state index in [4.69, 9.17) is 5.26 Å². The molecule has 0 spiro atoms. The summed E-state index contributed by atoms with van der Waals surface area (Å²) >= 11 is 1.54. The van der Waals surface area contributed by atoms with Crippen molar-refractivity contribution in [2.75, 3.05) is 23.3 Å². The van der Waals surface area contributed by atoms with E-state index in [2.05, 4.69) is 40.6 Å². The molecule has 20 heavy (non-hydrogen) atoms. The number of hydrogen-bond acceptors (Lipinski definition) is 4. The molecule has 2 heterocycles. The Morgan fingerprint density at radius 3 is 2.50 bits per heavy atom. The van der Waals surface area contributed by atoms with Gasteiger partial charge in [-0.3, -0.25) is 0 Å². The highest BCUT2D eigenvalue weighted by atomic mass is 32.1. The van der Waals surface area contributed by atoms with Gasteiger partial charge in [0.25, 0.3) is 0 Å². The van der Waals surface area contributed by atoms with Gasteiger partial charge in [0, 0.05) is 35.9 Å². The number of thiophene rings is 1. The van der Waals surface area contributed by atoms with E-state index in [1.165, 1.54) is 36.5 Å². The van der Waals surface area contributed by atoms with Crippen molar-refractivity contribution in [3.8, 4) is 6.07 Å². The molecule has 4 heteroatoms. The Kier molecular flexibility index (Phi) is 3.89. The Hall–Kier alpha value is -1.99. The minimum atomic E-state index is 0.770. The van der Waals surface area contributed by atoms with Crippen LogP contribution in [0.3, 0.4) is 0 Å². The molecule has 102 valence electrons. The van der Waals surface area contributed by atoms with Crippen molar-refractivity contribution in [2.45, 2.75) is 19.4 Å². The molecular formula is C16H17N3S. The van der Waals surface area contributed by atoms with E-state index in [-0.39, 0.29) is 0 Å². The third-order valence-electron chi connectivity index (χ3n) is 3.58. The molecule has 0 radical (unpaired) electrons. The van der Waals surface area contributed by atoms with Gasteiger partial charge in [-0.2, -0.15) is 5.26 Å². The first kappa shape index (κ1) is 13.0. The Morgan fingerprint density at radius 2 is 1.85 bits per heavy atom. The standard InChI is InChI=1S/C16H17N3S/c17-11-15-7-8-16(20-15)12-18-13-3-5-14(6-4-13)19-9-1-2-10-19/h3-8,18H,1-2,9-10,12H2. The molecule has 1 saturated heterocycles. The van der Waals surface area contributed by atoms with Gasteiger partial charge >= 0.3 is 0 Å². The van der Waals surface area contributed by atoms with Crippen LogP contribution in [0.1, 0.15) is 22.6 Å². The second-order valence-electron chi connectivity index (χ2n) is 4.97. The second-order valence-corrected chi connectivity index (χ2v) is 6.14. The first-order valence-corrected chi connectivity index (χ1v) is 7.74. The molecule has 3 nitrogen and oxygen atoms in total. The molecule has 0 bridgehead atoms. The fraction of sp³-hybridized carbons (Fsp3) is 0.312. The molecule has 0 saturated carbocycles. The number of hydrogen-bond donors (Lipinski definition) is 1. The zero-order chi connectivity index (χ0) is 13.8. The Balaban J connectivity index is 1.59. The molecular weight excluding hydrogens is 266 g/mol. The first-order chi connectivity index (χ1) is 9.85. The van der Waals surface area contributed by atoms with Crippen LogP contribution < -0.4 is 10.2 Å². The molecule has 1 fully saturated rings. The molecule has 1 aliphatic rings. The smallest absolute Gasteiger partial charge is 0.110 e. The van der Waals surface area contributed by atoms with Gasteiger partial charge in [-0.05, 0) is 49.2 Å². The van der Waals surface area contributed by atoms with Crippen molar-refractivity contribution < 1.29 is 0 Å². The van der Waals surface area contributed by atoms with E-state index in [9.17, 15) is 0 Å². The summed E-state index contributed by atoms with van der Waals surface area (Å²) in [6.07, 6.45) is 2.61. The summed E-state index contributed by atoms with van der Waals surface area (Å²) < 4.78 is 0. The van der Waals surface area contributed by atoms with Crippen LogP contribution in [0.5, 0.6) is 0 Å². The highest BCUT2D eigenvalue weighted by molar-refractivity contribution is 7.12. The summed E-state index contributed by atoms with van der Waals surface area (Å²) in [5.41, 5.74) is 2.44. The predicted molar refractivity (Wildman–Crippen MR) is 84.2 cm³/mol. The quantitative estimate of drug-likeness (QED) is 0.926. The normalized spacial score (nSPS) is 14.2. The monoisotopic (exact) mass is 283 g/mol. The van der Waals surface area contributed by atoms with E-state index in [0.29, 0.717) is 0 Å². The lowest BCUT2D eigenvalue weighted by atomic mass is 10.2. The summed E-state index contributed by atoms with van der Waals surface area (Å²) in [6.45, 7) is 3.13. The number of benzene rings is 1. The first-order valence-electron chi connectivity index (χ1n) is 6.93. The molecule has 0 amide bonds. The Labute approximate surface area is 123 Å². The summed E-state index contributed by atoms with van der Waals surface area (Å²) in [5, 5.41) is 12.2. The molecule has 1 N–H and O–H groups in total. The van der Waals surface area contributed by atoms with Gasteiger partial charge in [0.15, 0.2) is 0 Å². The summed E-state index contributed by atoms with van der Waals surface area (Å²) in [6, 6.07) is 14.7. The highest BCUT2D eigenvalue weighted by Crippen LogP contribution is 2.23. The fourth-order valence-corrected chi connectivity index (χ4v) is 3.23. The summed E-state index contributed by atoms with van der Waals surface area (Å²) in [5.74, 6) is 0. The van der Waals surface area contributed by atoms with Crippen LogP contribution in [-0.4, -0.2) is 13.1 Å². The van der Waals surface area contributed by atoms with Gasteiger partial charge < -0.3 is 10.2 Å². The van der Waals surface area contributed by atoms with Crippen LogP contribution >= 0.6 is 11.3 Å². The number of rotatable bonds is 4. The maximum atomic E-state index is 8.81. The van der Waals surface area contributed by atoms with Gasteiger partial charge in [0.2, 0.25) is 0 Å². The van der Waals surface area contributed by atoms with Crippen LogP contribution in [0.4, 0.5) is 11.4 Å². The van der Waals surface area contributed by atoms with Crippen LogP contribution in [0.2, 0.25) is 0 Å². The molecule has 1 aromatic heterocycles. The van der Waals surface area contributed by atoms with Gasteiger partial charge in [0.05, 0.1) is 0 Å². The van der Waals surface area contributed by atoms with E-state index < -0.39 is 0 Å². The van der Waals surface area contributed by atoms with Crippen molar-refractivity contribution >= 4 is 22.7 Å². The Bertz CT molecular complexity index is 603. The number of nitrogens with one attached hydrogen (secondary N) is 1. The third kappa shape index (κ3) is 2.94.